The molecule has 2 unspecified atom stereocenters. The average molecular weight is 439 g/mol. The molecule has 0 N–H and O–H groups in total. The van der Waals surface area contributed by atoms with E-state index in [1.165, 1.54) is 63.4 Å². The molecule has 3 rings (SSSR count). The summed E-state index contributed by atoms with van der Waals surface area (Å²) in [6.45, 7) is 10.5. The Kier molecular flexibility index (Phi) is 9.17. The Morgan fingerprint density at radius 2 is 1.50 bits per heavy atom. The number of hydrogen-bond acceptors (Lipinski definition) is 2. The second-order valence-corrected chi connectivity index (χ2v) is 11.1. The highest BCUT2D eigenvalue weighted by molar-refractivity contribution is 6.07. The van der Waals surface area contributed by atoms with Gasteiger partial charge in [0.05, 0.1) is 6.61 Å². The number of carbonyl (C=O) groups is 1. The molecule has 2 saturated carbocycles. The Hall–Kier alpha value is -1.41. The summed E-state index contributed by atoms with van der Waals surface area (Å²) in [5, 5.41) is 0. The Morgan fingerprint density at radius 1 is 0.906 bits per heavy atom. The molecule has 2 heteroatoms. The van der Waals surface area contributed by atoms with Crippen molar-refractivity contribution in [3.05, 3.63) is 41.0 Å². The van der Waals surface area contributed by atoms with Crippen LogP contribution in [0.1, 0.15) is 116 Å². The second kappa shape index (κ2) is 11.6. The minimum atomic E-state index is -0.175. The number of allylic oxidation sites excluding steroid dienone is 1. The van der Waals surface area contributed by atoms with Gasteiger partial charge in [0.2, 0.25) is 0 Å². The van der Waals surface area contributed by atoms with Gasteiger partial charge in [0, 0.05) is 12.0 Å². The number of fused-ring (bicyclic) bond motifs is 2. The first-order valence-electron chi connectivity index (χ1n) is 13.3. The highest BCUT2D eigenvalue weighted by Gasteiger charge is 2.63. The molecular weight excluding hydrogens is 392 g/mol. The van der Waals surface area contributed by atoms with Crippen molar-refractivity contribution in [2.75, 3.05) is 6.61 Å². The van der Waals surface area contributed by atoms with Crippen molar-refractivity contribution in [2.45, 2.75) is 111 Å². The molecular formula is C30H46O2. The minimum Gasteiger partial charge on any atom is -0.377 e. The van der Waals surface area contributed by atoms with E-state index in [4.69, 9.17) is 4.74 Å². The first-order valence-corrected chi connectivity index (χ1v) is 13.3. The number of Topliss-reactive ketones (excluding diaryl/α,β-unsaturated/α-hetero) is 1. The van der Waals surface area contributed by atoms with Crippen molar-refractivity contribution in [1.29, 1.82) is 0 Å². The van der Waals surface area contributed by atoms with Crippen LogP contribution in [0.2, 0.25) is 0 Å². The average Bonchev–Trinajstić information content (AvgIpc) is 3.09. The molecule has 0 amide bonds. The molecule has 0 spiro atoms. The van der Waals surface area contributed by atoms with Gasteiger partial charge in [-0.1, -0.05) is 110 Å². The number of rotatable bonds is 14. The van der Waals surface area contributed by atoms with Gasteiger partial charge in [-0.2, -0.15) is 0 Å². The third-order valence-electron chi connectivity index (χ3n) is 8.58. The van der Waals surface area contributed by atoms with Crippen molar-refractivity contribution in [1.82, 2.24) is 0 Å². The Balaban J connectivity index is 1.32. The topological polar surface area (TPSA) is 26.3 Å². The number of unbranched alkanes of at least 4 members (excludes halogenated alkanes) is 9. The van der Waals surface area contributed by atoms with Crippen LogP contribution in [0.3, 0.4) is 0 Å². The van der Waals surface area contributed by atoms with E-state index in [9.17, 15) is 4.79 Å². The first kappa shape index (κ1) is 25.2. The summed E-state index contributed by atoms with van der Waals surface area (Å²) < 4.78 is 5.89. The van der Waals surface area contributed by atoms with Crippen LogP contribution in [-0.4, -0.2) is 12.4 Å². The maximum atomic E-state index is 13.0. The molecule has 2 nitrogen and oxygen atoms in total. The van der Waals surface area contributed by atoms with Gasteiger partial charge >= 0.3 is 0 Å². The Morgan fingerprint density at radius 3 is 2.06 bits per heavy atom. The van der Waals surface area contributed by atoms with Crippen molar-refractivity contribution in [3.8, 4) is 0 Å². The lowest BCUT2D eigenvalue weighted by atomic mass is 9.70. The third kappa shape index (κ3) is 5.74. The molecule has 2 bridgehead atoms. The van der Waals surface area contributed by atoms with Crippen LogP contribution >= 0.6 is 0 Å². The van der Waals surface area contributed by atoms with E-state index in [0.717, 1.165) is 37.0 Å². The number of ether oxygens (including phenoxy) is 1. The maximum Gasteiger partial charge on any atom is 0.165 e. The molecule has 2 fully saturated rings. The van der Waals surface area contributed by atoms with Gasteiger partial charge in [0.25, 0.3) is 0 Å². The smallest absolute Gasteiger partial charge is 0.165 e. The highest BCUT2D eigenvalue weighted by Crippen LogP contribution is 2.65. The van der Waals surface area contributed by atoms with Crippen LogP contribution < -0.4 is 0 Å². The molecule has 2 aliphatic carbocycles. The van der Waals surface area contributed by atoms with Gasteiger partial charge in [-0.3, -0.25) is 4.79 Å². The zero-order valence-corrected chi connectivity index (χ0v) is 21.2. The van der Waals surface area contributed by atoms with E-state index in [0.29, 0.717) is 18.3 Å². The molecule has 0 radical (unpaired) electrons. The summed E-state index contributed by atoms with van der Waals surface area (Å²) in [4.78, 5) is 13.0. The predicted molar refractivity (Wildman–Crippen MR) is 136 cm³/mol. The zero-order chi connectivity index (χ0) is 23.0. The summed E-state index contributed by atoms with van der Waals surface area (Å²) in [6, 6.07) is 8.58. The second-order valence-electron chi connectivity index (χ2n) is 11.1. The molecule has 0 heterocycles. The van der Waals surface area contributed by atoms with Gasteiger partial charge in [0.15, 0.2) is 5.78 Å². The van der Waals surface area contributed by atoms with Gasteiger partial charge in [-0.15, -0.1) is 0 Å². The number of benzene rings is 1. The maximum absolute atomic E-state index is 13.0. The number of ketones is 1. The quantitative estimate of drug-likeness (QED) is 0.215. The molecule has 1 aromatic carbocycles. The van der Waals surface area contributed by atoms with Gasteiger partial charge in [-0.05, 0) is 53.4 Å². The van der Waals surface area contributed by atoms with Crippen LogP contribution in [-0.2, 0) is 16.1 Å². The minimum absolute atomic E-state index is 0.0817. The van der Waals surface area contributed by atoms with E-state index < -0.39 is 0 Å². The predicted octanol–water partition coefficient (Wildman–Crippen LogP) is 8.53. The van der Waals surface area contributed by atoms with Crippen molar-refractivity contribution >= 4 is 11.9 Å². The lowest BCUT2D eigenvalue weighted by Crippen LogP contribution is -2.32. The Labute approximate surface area is 197 Å². The highest BCUT2D eigenvalue weighted by atomic mass is 16.5. The molecule has 0 saturated heterocycles. The third-order valence-corrected chi connectivity index (χ3v) is 8.58. The largest absolute Gasteiger partial charge is 0.377 e. The lowest BCUT2D eigenvalue weighted by molar-refractivity contribution is -0.125. The van der Waals surface area contributed by atoms with Gasteiger partial charge in [0.1, 0.15) is 0 Å². The summed E-state index contributed by atoms with van der Waals surface area (Å²) in [6.07, 6.45) is 17.9. The van der Waals surface area contributed by atoms with Crippen molar-refractivity contribution in [2.24, 2.45) is 16.7 Å². The van der Waals surface area contributed by atoms with Crippen LogP contribution in [0.5, 0.6) is 0 Å². The van der Waals surface area contributed by atoms with Crippen LogP contribution in [0, 0.1) is 16.7 Å². The van der Waals surface area contributed by atoms with Gasteiger partial charge < -0.3 is 4.74 Å². The fourth-order valence-corrected chi connectivity index (χ4v) is 5.87. The molecule has 0 aromatic heterocycles. The van der Waals surface area contributed by atoms with E-state index >= 15 is 0 Å². The normalized spacial score (nSPS) is 25.2. The fraction of sp³-hybridized carbons (Fsp3) is 0.700. The molecule has 2 atom stereocenters. The summed E-state index contributed by atoms with van der Waals surface area (Å²) in [5.74, 6) is 0.784. The SMILES string of the molecule is CCCCCCCCCCCCOCc1ccc(C=C2C(=O)C3(C)CCC2C3(C)C)cc1. The van der Waals surface area contributed by atoms with E-state index in [1.807, 2.05) is 0 Å². The fourth-order valence-electron chi connectivity index (χ4n) is 5.87. The molecule has 2 aliphatic rings. The molecule has 0 aliphatic heterocycles. The van der Waals surface area contributed by atoms with Crippen LogP contribution in [0.15, 0.2) is 29.8 Å². The van der Waals surface area contributed by atoms with Gasteiger partial charge in [-0.25, -0.2) is 0 Å². The standard InChI is InChI=1S/C30H46O2/c1-5-6-7-8-9-10-11-12-13-14-21-32-23-25-17-15-24(16-18-25)22-26-27-19-20-30(4,28(26)31)29(27,2)3/h15-18,22,27H,5-14,19-21,23H2,1-4H3. The van der Waals surface area contributed by atoms with Crippen LogP contribution in [0.25, 0.3) is 6.08 Å². The number of hydrogen-bond donors (Lipinski definition) is 0. The first-order chi connectivity index (χ1) is 15.4. The zero-order valence-electron chi connectivity index (χ0n) is 21.2. The van der Waals surface area contributed by atoms with Crippen LogP contribution in [0.4, 0.5) is 0 Å². The van der Waals surface area contributed by atoms with E-state index in [2.05, 4.69) is 58.0 Å². The Bertz CT molecular complexity index is 758. The monoisotopic (exact) mass is 438 g/mol. The molecule has 1 aromatic rings. The molecule has 178 valence electrons. The van der Waals surface area contributed by atoms with E-state index in [1.54, 1.807) is 0 Å². The summed E-state index contributed by atoms with van der Waals surface area (Å²) >= 11 is 0. The van der Waals surface area contributed by atoms with Crippen molar-refractivity contribution < 1.29 is 9.53 Å². The number of carbonyl (C=O) groups excluding carboxylic acids is 1. The summed E-state index contributed by atoms with van der Waals surface area (Å²) in [7, 11) is 0. The molecule has 32 heavy (non-hydrogen) atoms. The van der Waals surface area contributed by atoms with E-state index in [-0.39, 0.29) is 10.8 Å². The summed E-state index contributed by atoms with van der Waals surface area (Å²) in [5.41, 5.74) is 3.31. The lowest BCUT2D eigenvalue weighted by Gasteiger charge is -2.31. The van der Waals surface area contributed by atoms with Crippen molar-refractivity contribution in [3.63, 3.8) is 0 Å².